The average molecular weight is 418 g/mol. The number of likely N-dealkylation sites (tertiary alicyclic amines) is 1. The van der Waals surface area contributed by atoms with E-state index >= 15 is 0 Å². The van der Waals surface area contributed by atoms with Crippen LogP contribution >= 0.6 is 0 Å². The summed E-state index contributed by atoms with van der Waals surface area (Å²) in [4.78, 5) is 17.0. The van der Waals surface area contributed by atoms with Gasteiger partial charge in [-0.3, -0.25) is 14.4 Å². The van der Waals surface area contributed by atoms with Gasteiger partial charge in [0.1, 0.15) is 17.3 Å². The Morgan fingerprint density at radius 2 is 1.90 bits per heavy atom. The fourth-order valence-corrected chi connectivity index (χ4v) is 4.47. The number of nitrogens with zero attached hydrogens (tertiary/aromatic N) is 4. The van der Waals surface area contributed by atoms with Gasteiger partial charge in [-0.15, -0.1) is 0 Å². The normalized spacial score (nSPS) is 20.3. The van der Waals surface area contributed by atoms with Gasteiger partial charge in [-0.1, -0.05) is 0 Å². The molecular formula is C22H28F2N4O2. The highest BCUT2D eigenvalue weighted by Gasteiger charge is 2.29. The van der Waals surface area contributed by atoms with Crippen LogP contribution in [0, 0.1) is 11.6 Å². The molecule has 8 heteroatoms. The zero-order valence-corrected chi connectivity index (χ0v) is 17.3. The van der Waals surface area contributed by atoms with Gasteiger partial charge >= 0.3 is 0 Å². The van der Waals surface area contributed by atoms with Gasteiger partial charge in [0, 0.05) is 51.8 Å². The van der Waals surface area contributed by atoms with Crippen LogP contribution in [0.25, 0.3) is 0 Å². The molecule has 2 aliphatic rings. The first-order chi connectivity index (χ1) is 14.5. The van der Waals surface area contributed by atoms with Crippen LogP contribution in [0.2, 0.25) is 0 Å². The Balaban J connectivity index is 1.47. The number of carbonyl (C=O) groups is 1. The predicted molar refractivity (Wildman–Crippen MR) is 108 cm³/mol. The lowest BCUT2D eigenvalue weighted by Gasteiger charge is -2.32. The quantitative estimate of drug-likeness (QED) is 0.724. The average Bonchev–Trinajstić information content (AvgIpc) is 3.08. The Morgan fingerprint density at radius 3 is 2.67 bits per heavy atom. The van der Waals surface area contributed by atoms with Crippen molar-refractivity contribution < 1.29 is 18.3 Å². The maximum absolute atomic E-state index is 13.5. The molecule has 0 aliphatic carbocycles. The molecule has 162 valence electrons. The first kappa shape index (κ1) is 20.9. The molecule has 1 fully saturated rings. The van der Waals surface area contributed by atoms with Gasteiger partial charge in [0.2, 0.25) is 0 Å². The molecule has 4 rings (SSSR count). The number of ether oxygens (including phenoxy) is 1. The van der Waals surface area contributed by atoms with Gasteiger partial charge in [-0.05, 0) is 49.6 Å². The van der Waals surface area contributed by atoms with Crippen LogP contribution in [0.15, 0.2) is 24.3 Å². The molecule has 6 nitrogen and oxygen atoms in total. The number of fused-ring (bicyclic) bond motifs is 1. The minimum Gasteiger partial charge on any atom is -0.383 e. The lowest BCUT2D eigenvalue weighted by molar-refractivity contribution is 0.0698. The summed E-state index contributed by atoms with van der Waals surface area (Å²) in [5.74, 6) is -0.885. The smallest absolute Gasteiger partial charge is 0.272 e. The highest BCUT2D eigenvalue weighted by atomic mass is 19.1. The molecule has 30 heavy (non-hydrogen) atoms. The molecule has 3 heterocycles. The molecule has 1 aromatic heterocycles. The van der Waals surface area contributed by atoms with E-state index in [1.807, 2.05) is 15.6 Å². The fraction of sp³-hybridized carbons (Fsp3) is 0.545. The highest BCUT2D eigenvalue weighted by Crippen LogP contribution is 2.28. The Hall–Kier alpha value is -2.32. The number of hydrogen-bond donors (Lipinski definition) is 0. The van der Waals surface area contributed by atoms with Crippen molar-refractivity contribution in [2.45, 2.75) is 38.3 Å². The van der Waals surface area contributed by atoms with E-state index in [-0.39, 0.29) is 11.8 Å². The number of aromatic nitrogens is 2. The third-order valence-corrected chi connectivity index (χ3v) is 5.92. The van der Waals surface area contributed by atoms with E-state index in [0.29, 0.717) is 37.5 Å². The molecule has 0 bridgehead atoms. The van der Waals surface area contributed by atoms with Crippen LogP contribution in [0.4, 0.5) is 8.78 Å². The molecule has 1 unspecified atom stereocenters. The molecule has 2 aliphatic heterocycles. The summed E-state index contributed by atoms with van der Waals surface area (Å²) >= 11 is 0. The molecule has 0 N–H and O–H groups in total. The zero-order valence-electron chi connectivity index (χ0n) is 17.3. The summed E-state index contributed by atoms with van der Waals surface area (Å²) in [6, 6.07) is 5.61. The van der Waals surface area contributed by atoms with Crippen molar-refractivity contribution >= 4 is 5.91 Å². The van der Waals surface area contributed by atoms with Crippen LogP contribution in [-0.4, -0.2) is 65.4 Å². The number of piperidine rings is 1. The molecule has 0 radical (unpaired) electrons. The number of hydrogen-bond acceptors (Lipinski definition) is 4. The van der Waals surface area contributed by atoms with E-state index in [4.69, 9.17) is 9.84 Å². The van der Waals surface area contributed by atoms with Crippen molar-refractivity contribution in [3.05, 3.63) is 52.9 Å². The Morgan fingerprint density at radius 1 is 1.10 bits per heavy atom. The molecule has 0 spiro atoms. The topological polar surface area (TPSA) is 50.6 Å². The highest BCUT2D eigenvalue weighted by molar-refractivity contribution is 5.93. The van der Waals surface area contributed by atoms with E-state index in [2.05, 4.69) is 4.90 Å². The van der Waals surface area contributed by atoms with E-state index < -0.39 is 11.6 Å². The van der Waals surface area contributed by atoms with Crippen molar-refractivity contribution in [2.75, 3.05) is 39.9 Å². The van der Waals surface area contributed by atoms with Crippen molar-refractivity contribution in [3.8, 4) is 0 Å². The van der Waals surface area contributed by atoms with E-state index in [9.17, 15) is 13.6 Å². The molecule has 2 aromatic rings. The molecule has 1 atom stereocenters. The van der Waals surface area contributed by atoms with Crippen LogP contribution in [0.3, 0.4) is 0 Å². The maximum Gasteiger partial charge on any atom is 0.272 e. The van der Waals surface area contributed by atoms with Crippen molar-refractivity contribution in [1.82, 2.24) is 19.6 Å². The molecule has 1 saturated heterocycles. The van der Waals surface area contributed by atoms with Crippen molar-refractivity contribution in [3.63, 3.8) is 0 Å². The second kappa shape index (κ2) is 9.22. The van der Waals surface area contributed by atoms with E-state index in [1.165, 1.54) is 12.1 Å². The fourth-order valence-electron chi connectivity index (χ4n) is 4.47. The SMILES string of the molecule is COCCN1CCCn2nc(C3CCCN(Cc4cc(F)cc(F)c4)C3)cc2C1=O. The first-order valence-corrected chi connectivity index (χ1v) is 10.6. The van der Waals surface area contributed by atoms with Crippen molar-refractivity contribution in [2.24, 2.45) is 0 Å². The minimum absolute atomic E-state index is 0.00574. The second-order valence-corrected chi connectivity index (χ2v) is 8.17. The van der Waals surface area contributed by atoms with Crippen LogP contribution in [0.1, 0.15) is 46.9 Å². The number of benzene rings is 1. The summed E-state index contributed by atoms with van der Waals surface area (Å²) < 4.78 is 34.0. The minimum atomic E-state index is -0.548. The maximum atomic E-state index is 13.5. The van der Waals surface area contributed by atoms with Crippen LogP contribution in [-0.2, 0) is 17.8 Å². The third-order valence-electron chi connectivity index (χ3n) is 5.92. The Kier molecular flexibility index (Phi) is 6.43. The summed E-state index contributed by atoms with van der Waals surface area (Å²) in [5.41, 5.74) is 2.21. The Labute approximate surface area is 175 Å². The Bertz CT molecular complexity index is 881. The predicted octanol–water partition coefficient (Wildman–Crippen LogP) is 3.03. The summed E-state index contributed by atoms with van der Waals surface area (Å²) in [6.07, 6.45) is 2.84. The van der Waals surface area contributed by atoms with Crippen LogP contribution < -0.4 is 0 Å². The van der Waals surface area contributed by atoms with Gasteiger partial charge in [0.15, 0.2) is 0 Å². The first-order valence-electron chi connectivity index (χ1n) is 10.6. The van der Waals surface area contributed by atoms with Crippen molar-refractivity contribution in [1.29, 1.82) is 0 Å². The molecule has 0 saturated carbocycles. The number of carbonyl (C=O) groups excluding carboxylic acids is 1. The summed E-state index contributed by atoms with van der Waals surface area (Å²) in [6.45, 7) is 4.68. The summed E-state index contributed by atoms with van der Waals surface area (Å²) in [5, 5.41) is 4.76. The standard InChI is InChI=1S/C22H28F2N4O2/c1-30-9-8-27-6-3-7-28-21(22(27)29)13-20(25-28)17-4-2-5-26(15-17)14-16-10-18(23)12-19(24)11-16/h10-13,17H,2-9,14-15H2,1H3. The van der Waals surface area contributed by atoms with Gasteiger partial charge in [-0.25, -0.2) is 8.78 Å². The number of amides is 1. The van der Waals surface area contributed by atoms with Crippen LogP contribution in [0.5, 0.6) is 0 Å². The van der Waals surface area contributed by atoms with Gasteiger partial charge in [0.05, 0.1) is 12.3 Å². The van der Waals surface area contributed by atoms with Gasteiger partial charge in [0.25, 0.3) is 5.91 Å². The lowest BCUT2D eigenvalue weighted by Crippen LogP contribution is -2.34. The molecular weight excluding hydrogens is 390 g/mol. The number of methoxy groups -OCH3 is 1. The van der Waals surface area contributed by atoms with E-state index in [1.54, 1.807) is 7.11 Å². The number of aryl methyl sites for hydroxylation is 1. The van der Waals surface area contributed by atoms with Gasteiger partial charge in [-0.2, -0.15) is 5.10 Å². The van der Waals surface area contributed by atoms with E-state index in [0.717, 1.165) is 50.7 Å². The number of halogens is 2. The van der Waals surface area contributed by atoms with Gasteiger partial charge < -0.3 is 9.64 Å². The monoisotopic (exact) mass is 418 g/mol. The zero-order chi connectivity index (χ0) is 21.1. The molecule has 1 amide bonds. The largest absolute Gasteiger partial charge is 0.383 e. The number of rotatable bonds is 6. The molecule has 1 aromatic carbocycles. The summed E-state index contributed by atoms with van der Waals surface area (Å²) in [7, 11) is 1.64. The second-order valence-electron chi connectivity index (χ2n) is 8.17. The lowest BCUT2D eigenvalue weighted by atomic mass is 9.94. The third kappa shape index (κ3) is 4.70.